The molecule has 10 unspecified atom stereocenters. The van der Waals surface area contributed by atoms with Gasteiger partial charge in [0.25, 0.3) is 0 Å². The van der Waals surface area contributed by atoms with Crippen molar-refractivity contribution in [2.45, 2.75) is 68.0 Å². The average molecular weight is 645 g/mol. The minimum atomic E-state index is -1.75. The van der Waals surface area contributed by atoms with Crippen LogP contribution in [0.4, 0.5) is 0 Å². The highest BCUT2D eigenvalue weighted by Crippen LogP contribution is 2.40. The molecule has 2 fully saturated rings. The molecule has 17 heteroatoms. The number of rotatable bonds is 11. The van der Waals surface area contributed by atoms with E-state index < -0.39 is 87.2 Å². The van der Waals surface area contributed by atoms with Gasteiger partial charge in [0, 0.05) is 5.56 Å². The third-order valence-corrected chi connectivity index (χ3v) is 7.30. The predicted octanol–water partition coefficient (Wildman–Crippen LogP) is -2.88. The lowest BCUT2D eigenvalue weighted by molar-refractivity contribution is -0.277. The van der Waals surface area contributed by atoms with Crippen molar-refractivity contribution in [2.24, 2.45) is 0 Å². The van der Waals surface area contributed by atoms with Crippen molar-refractivity contribution in [3.8, 4) is 28.7 Å². The first-order chi connectivity index (χ1) is 21.4. The number of benzene rings is 2. The highest BCUT2D eigenvalue weighted by atomic mass is 16.7. The Balaban J connectivity index is 1.56. The maximum absolute atomic E-state index is 13.4. The van der Waals surface area contributed by atoms with Gasteiger partial charge in [-0.05, 0) is 30.3 Å². The number of phenolic OH excluding ortho intramolecular Hbond substituents is 1. The number of methoxy groups -OCH3 is 2. The monoisotopic (exact) mass is 644 g/mol. The summed E-state index contributed by atoms with van der Waals surface area (Å²) in [5.41, 5.74) is -0.203. The van der Waals surface area contributed by atoms with Crippen LogP contribution < -0.4 is 18.9 Å². The summed E-state index contributed by atoms with van der Waals surface area (Å²) in [6, 6.07) is 6.34. The first-order valence-electron chi connectivity index (χ1n) is 13.6. The number of aromatic hydroxyl groups is 1. The zero-order valence-electron chi connectivity index (χ0n) is 24.1. The Hall–Kier alpha value is -3.49. The molecule has 10 atom stereocenters. The highest BCUT2D eigenvalue weighted by Gasteiger charge is 2.46. The van der Waals surface area contributed by atoms with Gasteiger partial charge in [-0.15, -0.1) is 0 Å². The summed E-state index contributed by atoms with van der Waals surface area (Å²) in [6.07, 6.45) is -15.8. The van der Waals surface area contributed by atoms with Gasteiger partial charge in [-0.25, -0.2) is 4.79 Å². The van der Waals surface area contributed by atoms with E-state index in [9.17, 15) is 50.8 Å². The second-order valence-corrected chi connectivity index (χ2v) is 10.2. The van der Waals surface area contributed by atoms with Crippen molar-refractivity contribution in [1.82, 2.24) is 0 Å². The first-order valence-corrected chi connectivity index (χ1v) is 13.6. The molecule has 4 rings (SSSR count). The molecule has 250 valence electrons. The molecular formula is C28H36O17. The Morgan fingerprint density at radius 3 is 1.73 bits per heavy atom. The van der Waals surface area contributed by atoms with Crippen LogP contribution in [0, 0.1) is 0 Å². The van der Waals surface area contributed by atoms with E-state index >= 15 is 0 Å². The zero-order chi connectivity index (χ0) is 33.0. The standard InChI is InChI=1S/C28H36O17/c1-39-14-5-6-15(43-28-24(37)22(35)20(33)17(9-30)45-28)25(40-2)18(14)26(38)41-10-11-7-12(31)3-4-13(11)42-27-23(36)21(34)19(32)16(8-29)44-27/h3-7,16-17,19-24,27-37H,8-10H2,1-2H3. The van der Waals surface area contributed by atoms with Crippen LogP contribution in [-0.4, -0.2) is 141 Å². The number of carbonyl (C=O) groups is 1. The summed E-state index contributed by atoms with van der Waals surface area (Å²) in [6.45, 7) is -1.92. The van der Waals surface area contributed by atoms with Gasteiger partial charge in [0.05, 0.1) is 27.4 Å². The Labute approximate surface area is 255 Å². The fourth-order valence-corrected chi connectivity index (χ4v) is 4.79. The number of ether oxygens (including phenoxy) is 7. The topological polar surface area (TPSA) is 264 Å². The molecule has 0 saturated carbocycles. The van der Waals surface area contributed by atoms with Crippen LogP contribution in [-0.2, 0) is 20.8 Å². The Morgan fingerprint density at radius 1 is 0.711 bits per heavy atom. The summed E-state index contributed by atoms with van der Waals surface area (Å²) >= 11 is 0. The van der Waals surface area contributed by atoms with Crippen molar-refractivity contribution in [1.29, 1.82) is 0 Å². The van der Waals surface area contributed by atoms with Gasteiger partial charge in [-0.2, -0.15) is 0 Å². The number of hydrogen-bond donors (Lipinski definition) is 9. The summed E-state index contributed by atoms with van der Waals surface area (Å²) in [4.78, 5) is 13.4. The van der Waals surface area contributed by atoms with E-state index in [2.05, 4.69) is 0 Å². The van der Waals surface area contributed by atoms with Crippen LogP contribution in [0.15, 0.2) is 30.3 Å². The average Bonchev–Trinajstić information content (AvgIpc) is 3.04. The van der Waals surface area contributed by atoms with Gasteiger partial charge in [-0.1, -0.05) is 0 Å². The molecule has 0 bridgehead atoms. The summed E-state index contributed by atoms with van der Waals surface area (Å²) in [5, 5.41) is 89.9. The van der Waals surface area contributed by atoms with Crippen molar-refractivity contribution < 1.29 is 83.9 Å². The number of carbonyl (C=O) groups excluding carboxylic acids is 1. The third kappa shape index (κ3) is 7.17. The van der Waals surface area contributed by atoms with Crippen LogP contribution in [0.1, 0.15) is 15.9 Å². The normalized spacial score (nSPS) is 31.6. The minimum absolute atomic E-state index is 0.0216. The molecule has 0 aliphatic carbocycles. The van der Waals surface area contributed by atoms with E-state index in [4.69, 9.17) is 33.2 Å². The second kappa shape index (κ2) is 14.7. The zero-order valence-corrected chi connectivity index (χ0v) is 24.1. The molecule has 45 heavy (non-hydrogen) atoms. The van der Waals surface area contributed by atoms with Gasteiger partial charge in [0.1, 0.15) is 78.3 Å². The van der Waals surface area contributed by atoms with Crippen molar-refractivity contribution in [2.75, 3.05) is 27.4 Å². The Bertz CT molecular complexity index is 1300. The molecule has 0 radical (unpaired) electrons. The van der Waals surface area contributed by atoms with Gasteiger partial charge >= 0.3 is 5.97 Å². The molecule has 2 aliphatic heterocycles. The van der Waals surface area contributed by atoms with E-state index in [-0.39, 0.29) is 39.9 Å². The van der Waals surface area contributed by atoms with Gasteiger partial charge < -0.3 is 79.1 Å². The van der Waals surface area contributed by atoms with Crippen LogP contribution >= 0.6 is 0 Å². The molecular weight excluding hydrogens is 608 g/mol. The molecule has 2 aromatic rings. The van der Waals surface area contributed by atoms with E-state index in [1.165, 1.54) is 44.6 Å². The van der Waals surface area contributed by atoms with Gasteiger partial charge in [-0.3, -0.25) is 0 Å². The molecule has 0 aromatic heterocycles. The second-order valence-electron chi connectivity index (χ2n) is 10.2. The van der Waals surface area contributed by atoms with Crippen LogP contribution in [0.25, 0.3) is 0 Å². The molecule has 9 N–H and O–H groups in total. The maximum Gasteiger partial charge on any atom is 0.346 e. The minimum Gasteiger partial charge on any atom is -0.508 e. The molecule has 2 aliphatic rings. The summed E-state index contributed by atoms with van der Waals surface area (Å²) in [7, 11) is 2.47. The maximum atomic E-state index is 13.4. The fraction of sp³-hybridized carbons (Fsp3) is 0.536. The van der Waals surface area contributed by atoms with E-state index in [1.807, 2.05) is 0 Å². The molecule has 17 nitrogen and oxygen atoms in total. The quantitative estimate of drug-likeness (QED) is 0.111. The molecule has 0 amide bonds. The fourth-order valence-electron chi connectivity index (χ4n) is 4.79. The van der Waals surface area contributed by atoms with Crippen molar-refractivity contribution >= 4 is 5.97 Å². The lowest BCUT2D eigenvalue weighted by Gasteiger charge is -2.39. The van der Waals surface area contributed by atoms with E-state index in [0.717, 1.165) is 0 Å². The first kappa shape index (κ1) is 34.4. The lowest BCUT2D eigenvalue weighted by Crippen LogP contribution is -2.60. The largest absolute Gasteiger partial charge is 0.508 e. The van der Waals surface area contributed by atoms with Crippen LogP contribution in [0.2, 0.25) is 0 Å². The van der Waals surface area contributed by atoms with Crippen molar-refractivity contribution in [3.63, 3.8) is 0 Å². The SMILES string of the molecule is COc1ccc(OC2OC(CO)C(O)C(O)C2O)c(OC)c1C(=O)OCc1cc(O)ccc1OC1OC(CO)C(O)C(O)C1O. The number of aliphatic hydroxyl groups excluding tert-OH is 8. The van der Waals surface area contributed by atoms with Crippen LogP contribution in [0.3, 0.4) is 0 Å². The molecule has 2 aromatic carbocycles. The third-order valence-electron chi connectivity index (χ3n) is 7.30. The van der Waals surface area contributed by atoms with Crippen molar-refractivity contribution in [3.05, 3.63) is 41.5 Å². The lowest BCUT2D eigenvalue weighted by atomic mass is 9.99. The number of esters is 1. The number of hydrogen-bond acceptors (Lipinski definition) is 17. The summed E-state index contributed by atoms with van der Waals surface area (Å²) in [5.74, 6) is -1.74. The predicted molar refractivity (Wildman–Crippen MR) is 146 cm³/mol. The van der Waals surface area contributed by atoms with E-state index in [0.29, 0.717) is 0 Å². The van der Waals surface area contributed by atoms with Gasteiger partial charge in [0.15, 0.2) is 11.5 Å². The molecule has 2 saturated heterocycles. The van der Waals surface area contributed by atoms with Gasteiger partial charge in [0.2, 0.25) is 12.6 Å². The number of aliphatic hydroxyl groups is 8. The summed E-state index contributed by atoms with van der Waals surface area (Å²) < 4.78 is 38.2. The smallest absolute Gasteiger partial charge is 0.346 e. The highest BCUT2D eigenvalue weighted by molar-refractivity contribution is 5.96. The van der Waals surface area contributed by atoms with Crippen LogP contribution in [0.5, 0.6) is 28.7 Å². The molecule has 2 heterocycles. The van der Waals surface area contributed by atoms with E-state index in [1.54, 1.807) is 0 Å². The Kier molecular flexibility index (Phi) is 11.3. The Morgan fingerprint density at radius 2 is 1.22 bits per heavy atom. The number of phenols is 1. The molecule has 0 spiro atoms.